The van der Waals surface area contributed by atoms with Gasteiger partial charge in [0.2, 0.25) is 0 Å². The minimum Gasteiger partial charge on any atom is -0.473 e. The highest BCUT2D eigenvalue weighted by Crippen LogP contribution is 2.33. The molecule has 0 amide bonds. The largest absolute Gasteiger partial charge is 0.473 e. The third-order valence-corrected chi connectivity index (χ3v) is 4.24. The predicted octanol–water partition coefficient (Wildman–Crippen LogP) is 4.96. The van der Waals surface area contributed by atoms with Crippen molar-refractivity contribution >= 4 is 5.69 Å². The molecule has 1 aliphatic heterocycles. The van der Waals surface area contributed by atoms with Crippen LogP contribution in [-0.2, 0) is 12.0 Å². The predicted molar refractivity (Wildman–Crippen MR) is 92.7 cm³/mol. The Bertz CT molecular complexity index is 677. The smallest absolute Gasteiger partial charge is 0.161 e. The topological polar surface area (TPSA) is 12.5 Å². The van der Waals surface area contributed by atoms with Crippen molar-refractivity contribution in [3.05, 3.63) is 58.7 Å². The van der Waals surface area contributed by atoms with Gasteiger partial charge < -0.3 is 9.64 Å². The minimum atomic E-state index is 0.164. The highest BCUT2D eigenvalue weighted by Gasteiger charge is 2.21. The van der Waals surface area contributed by atoms with Gasteiger partial charge in [-0.3, -0.25) is 0 Å². The van der Waals surface area contributed by atoms with Gasteiger partial charge in [0.25, 0.3) is 0 Å². The summed E-state index contributed by atoms with van der Waals surface area (Å²) in [5, 5.41) is 0. The van der Waals surface area contributed by atoms with Gasteiger partial charge in [-0.15, -0.1) is 0 Å². The molecule has 0 aromatic heterocycles. The van der Waals surface area contributed by atoms with Crippen LogP contribution in [0.3, 0.4) is 0 Å². The number of hydrogen-bond acceptors (Lipinski definition) is 2. The van der Waals surface area contributed by atoms with Gasteiger partial charge in [-0.2, -0.15) is 0 Å². The van der Waals surface area contributed by atoms with Gasteiger partial charge in [-0.05, 0) is 60.2 Å². The Morgan fingerprint density at radius 3 is 2.27 bits per heavy atom. The second-order valence-corrected chi connectivity index (χ2v) is 7.39. The van der Waals surface area contributed by atoms with Gasteiger partial charge >= 0.3 is 0 Å². The highest BCUT2D eigenvalue weighted by molar-refractivity contribution is 5.53. The van der Waals surface area contributed by atoms with Crippen LogP contribution in [0.15, 0.2) is 36.4 Å². The van der Waals surface area contributed by atoms with Crippen LogP contribution in [0.1, 0.15) is 43.0 Å². The molecule has 2 aromatic carbocycles. The molecule has 0 fully saturated rings. The Hall–Kier alpha value is -1.96. The average molecular weight is 295 g/mol. The summed E-state index contributed by atoms with van der Waals surface area (Å²) in [6.45, 7) is 12.6. The molecule has 1 aliphatic rings. The van der Waals surface area contributed by atoms with E-state index in [0.29, 0.717) is 6.73 Å². The summed E-state index contributed by atoms with van der Waals surface area (Å²) in [6.07, 6.45) is 0. The maximum atomic E-state index is 5.96. The second-order valence-electron chi connectivity index (χ2n) is 7.39. The monoisotopic (exact) mass is 295 g/mol. The summed E-state index contributed by atoms with van der Waals surface area (Å²) >= 11 is 0. The molecule has 0 unspecified atom stereocenters. The van der Waals surface area contributed by atoms with E-state index in [2.05, 4.69) is 75.9 Å². The van der Waals surface area contributed by atoms with Crippen molar-refractivity contribution in [3.8, 4) is 5.75 Å². The number of benzene rings is 2. The second kappa shape index (κ2) is 5.35. The van der Waals surface area contributed by atoms with E-state index in [1.807, 2.05) is 0 Å². The van der Waals surface area contributed by atoms with Crippen molar-refractivity contribution < 1.29 is 4.74 Å². The fourth-order valence-corrected chi connectivity index (χ4v) is 3.01. The number of rotatable bonds is 1. The van der Waals surface area contributed by atoms with E-state index >= 15 is 0 Å². The van der Waals surface area contributed by atoms with E-state index in [1.54, 1.807) is 0 Å². The molecule has 0 spiro atoms. The van der Waals surface area contributed by atoms with Gasteiger partial charge in [0.1, 0.15) is 5.75 Å². The summed E-state index contributed by atoms with van der Waals surface area (Å²) in [5.41, 5.74) is 6.63. The Labute approximate surface area is 133 Å². The number of ether oxygens (including phenoxy) is 1. The van der Waals surface area contributed by atoms with E-state index < -0.39 is 0 Å². The number of fused-ring (bicyclic) bond motifs is 1. The van der Waals surface area contributed by atoms with Gasteiger partial charge in [0, 0.05) is 17.8 Å². The molecule has 0 saturated heterocycles. The third kappa shape index (κ3) is 2.96. The first-order chi connectivity index (χ1) is 10.3. The lowest BCUT2D eigenvalue weighted by Gasteiger charge is -2.32. The zero-order valence-corrected chi connectivity index (χ0v) is 14.2. The Kier molecular flexibility index (Phi) is 3.64. The zero-order valence-electron chi connectivity index (χ0n) is 14.2. The molecule has 2 aromatic rings. The van der Waals surface area contributed by atoms with Crippen molar-refractivity contribution in [2.24, 2.45) is 0 Å². The lowest BCUT2D eigenvalue weighted by molar-refractivity contribution is 0.289. The van der Waals surface area contributed by atoms with Crippen molar-refractivity contribution in [3.63, 3.8) is 0 Å². The molecule has 2 heteroatoms. The van der Waals surface area contributed by atoms with Crippen LogP contribution in [-0.4, -0.2) is 6.73 Å². The quantitative estimate of drug-likeness (QED) is 0.737. The Morgan fingerprint density at radius 2 is 1.64 bits per heavy atom. The molecule has 0 atom stereocenters. The van der Waals surface area contributed by atoms with E-state index in [-0.39, 0.29) is 5.41 Å². The molecule has 0 radical (unpaired) electrons. The van der Waals surface area contributed by atoms with Crippen molar-refractivity contribution in [1.82, 2.24) is 0 Å². The molecule has 0 aliphatic carbocycles. The molecule has 1 heterocycles. The van der Waals surface area contributed by atoms with Crippen LogP contribution in [0.25, 0.3) is 0 Å². The SMILES string of the molecule is Cc1cc(C)cc(N2COc3ccc(C(C)(C)C)cc3C2)c1. The van der Waals surface area contributed by atoms with Crippen LogP contribution in [0.5, 0.6) is 5.75 Å². The lowest BCUT2D eigenvalue weighted by Crippen LogP contribution is -2.32. The molecule has 22 heavy (non-hydrogen) atoms. The summed E-state index contributed by atoms with van der Waals surface area (Å²) in [7, 11) is 0. The van der Waals surface area contributed by atoms with E-state index in [0.717, 1.165) is 12.3 Å². The maximum absolute atomic E-state index is 5.96. The number of aryl methyl sites for hydroxylation is 2. The van der Waals surface area contributed by atoms with Crippen LogP contribution >= 0.6 is 0 Å². The Morgan fingerprint density at radius 1 is 0.955 bits per heavy atom. The first-order valence-electron chi connectivity index (χ1n) is 7.92. The number of nitrogens with zero attached hydrogens (tertiary/aromatic N) is 1. The van der Waals surface area contributed by atoms with E-state index in [9.17, 15) is 0 Å². The first-order valence-corrected chi connectivity index (χ1v) is 7.92. The van der Waals surface area contributed by atoms with Gasteiger partial charge in [-0.1, -0.05) is 32.9 Å². The molecule has 0 bridgehead atoms. The number of anilines is 1. The molecular weight excluding hydrogens is 270 g/mol. The van der Waals surface area contributed by atoms with Crippen molar-refractivity contribution in [1.29, 1.82) is 0 Å². The summed E-state index contributed by atoms with van der Waals surface area (Å²) < 4.78 is 5.96. The minimum absolute atomic E-state index is 0.164. The number of hydrogen-bond donors (Lipinski definition) is 0. The fourth-order valence-electron chi connectivity index (χ4n) is 3.01. The van der Waals surface area contributed by atoms with Crippen LogP contribution in [0.4, 0.5) is 5.69 Å². The van der Waals surface area contributed by atoms with Crippen LogP contribution in [0.2, 0.25) is 0 Å². The molecular formula is C20H25NO. The Balaban J connectivity index is 1.92. The molecule has 2 nitrogen and oxygen atoms in total. The zero-order chi connectivity index (χ0) is 15.9. The molecule has 3 rings (SSSR count). The third-order valence-electron chi connectivity index (χ3n) is 4.24. The highest BCUT2D eigenvalue weighted by atomic mass is 16.5. The summed E-state index contributed by atoms with van der Waals surface area (Å²) in [4.78, 5) is 2.30. The average Bonchev–Trinajstić information content (AvgIpc) is 2.44. The van der Waals surface area contributed by atoms with Gasteiger partial charge in [0.05, 0.1) is 0 Å². The van der Waals surface area contributed by atoms with Crippen molar-refractivity contribution in [2.75, 3.05) is 11.6 Å². The van der Waals surface area contributed by atoms with E-state index in [1.165, 1.54) is 27.9 Å². The van der Waals surface area contributed by atoms with Gasteiger partial charge in [-0.25, -0.2) is 0 Å². The first kappa shape index (κ1) is 15.0. The summed E-state index contributed by atoms with van der Waals surface area (Å²) in [5.74, 6) is 1.02. The van der Waals surface area contributed by atoms with Gasteiger partial charge in [0.15, 0.2) is 6.73 Å². The van der Waals surface area contributed by atoms with Crippen molar-refractivity contribution in [2.45, 2.75) is 46.6 Å². The van der Waals surface area contributed by atoms with Crippen LogP contribution < -0.4 is 9.64 Å². The molecule has 0 N–H and O–H groups in total. The molecule has 0 saturated carbocycles. The van der Waals surface area contributed by atoms with Crippen LogP contribution in [0, 0.1) is 13.8 Å². The summed E-state index contributed by atoms with van der Waals surface area (Å²) in [6, 6.07) is 13.3. The lowest BCUT2D eigenvalue weighted by atomic mass is 9.86. The van der Waals surface area contributed by atoms with E-state index in [4.69, 9.17) is 4.74 Å². The standard InChI is InChI=1S/C20H25NO/c1-14-8-15(2)10-18(9-14)21-12-16-11-17(20(3,4)5)6-7-19(16)22-13-21/h6-11H,12-13H2,1-5H3. The fraction of sp³-hybridized carbons (Fsp3) is 0.400. The molecule has 116 valence electrons. The maximum Gasteiger partial charge on any atom is 0.161 e. The normalized spacial score (nSPS) is 14.5.